The molecule has 0 amide bonds. The number of benzene rings is 1. The third-order valence-electron chi connectivity index (χ3n) is 4.92. The van der Waals surface area contributed by atoms with Crippen molar-refractivity contribution in [1.29, 1.82) is 0 Å². The van der Waals surface area contributed by atoms with Gasteiger partial charge >= 0.3 is 0 Å². The van der Waals surface area contributed by atoms with Gasteiger partial charge in [0.1, 0.15) is 5.82 Å². The van der Waals surface area contributed by atoms with Crippen LogP contribution in [0.5, 0.6) is 0 Å². The van der Waals surface area contributed by atoms with Crippen molar-refractivity contribution >= 4 is 0 Å². The number of aromatic nitrogens is 4. The molecule has 0 bridgehead atoms. The van der Waals surface area contributed by atoms with Crippen LogP contribution in [0.3, 0.4) is 0 Å². The molecule has 1 unspecified atom stereocenters. The van der Waals surface area contributed by atoms with Crippen molar-refractivity contribution in [3.63, 3.8) is 0 Å². The van der Waals surface area contributed by atoms with Crippen LogP contribution >= 0.6 is 0 Å². The van der Waals surface area contributed by atoms with E-state index in [0.717, 1.165) is 28.9 Å². The number of ether oxygens (including phenoxy) is 1. The highest BCUT2D eigenvalue weighted by molar-refractivity contribution is 5.35. The fourth-order valence-electron chi connectivity index (χ4n) is 3.37. The van der Waals surface area contributed by atoms with Crippen molar-refractivity contribution in [3.05, 3.63) is 64.3 Å². The van der Waals surface area contributed by atoms with Gasteiger partial charge in [-0.1, -0.05) is 17.3 Å². The van der Waals surface area contributed by atoms with E-state index in [1.807, 2.05) is 13.8 Å². The molecular formula is C18H19FN4O2. The zero-order chi connectivity index (χ0) is 17.4. The maximum atomic E-state index is 13.3. The lowest BCUT2D eigenvalue weighted by molar-refractivity contribution is 0.182. The van der Waals surface area contributed by atoms with E-state index in [2.05, 4.69) is 20.3 Å². The number of aryl methyl sites for hydroxylation is 2. The standard InChI is InChI=1S/C18H19FN4O2/c1-11-15(12(2)22-21-11)9-16-20-17(23-25-16)18(7-8-24-10-18)13-3-5-14(19)6-4-13/h3-6H,7-10H2,1-2H3,(H,21,22). The van der Waals surface area contributed by atoms with Gasteiger partial charge in [-0.25, -0.2) is 4.39 Å². The van der Waals surface area contributed by atoms with Crippen LogP contribution in [0.15, 0.2) is 28.8 Å². The Balaban J connectivity index is 1.68. The SMILES string of the molecule is Cc1n[nH]c(C)c1Cc1nc(C2(c3ccc(F)cc3)CCOC2)no1. The molecule has 1 fully saturated rings. The summed E-state index contributed by atoms with van der Waals surface area (Å²) >= 11 is 0. The summed E-state index contributed by atoms with van der Waals surface area (Å²) in [5.41, 5.74) is 3.43. The number of H-pyrrole nitrogens is 1. The van der Waals surface area contributed by atoms with Crippen molar-refractivity contribution < 1.29 is 13.7 Å². The molecule has 1 aromatic carbocycles. The van der Waals surface area contributed by atoms with E-state index in [9.17, 15) is 4.39 Å². The van der Waals surface area contributed by atoms with Crippen LogP contribution in [0.25, 0.3) is 0 Å². The van der Waals surface area contributed by atoms with Crippen LogP contribution < -0.4 is 0 Å². The van der Waals surface area contributed by atoms with Crippen molar-refractivity contribution in [1.82, 2.24) is 20.3 Å². The quantitative estimate of drug-likeness (QED) is 0.789. The normalized spacial score (nSPS) is 20.3. The molecule has 130 valence electrons. The Morgan fingerprint density at radius 3 is 2.68 bits per heavy atom. The monoisotopic (exact) mass is 342 g/mol. The minimum atomic E-state index is -0.490. The van der Waals surface area contributed by atoms with Crippen molar-refractivity contribution in [3.8, 4) is 0 Å². The maximum absolute atomic E-state index is 13.3. The molecule has 3 heterocycles. The highest BCUT2D eigenvalue weighted by Gasteiger charge is 2.42. The lowest BCUT2D eigenvalue weighted by Gasteiger charge is -2.23. The smallest absolute Gasteiger partial charge is 0.231 e. The summed E-state index contributed by atoms with van der Waals surface area (Å²) < 4.78 is 24.4. The lowest BCUT2D eigenvalue weighted by Crippen LogP contribution is -2.29. The third kappa shape index (κ3) is 2.74. The first-order chi connectivity index (χ1) is 12.1. The zero-order valence-electron chi connectivity index (χ0n) is 14.2. The van der Waals surface area contributed by atoms with Crippen LogP contribution in [0.2, 0.25) is 0 Å². The van der Waals surface area contributed by atoms with Crippen molar-refractivity contribution in [2.75, 3.05) is 13.2 Å². The van der Waals surface area contributed by atoms with Gasteiger partial charge in [0, 0.05) is 17.9 Å². The molecule has 4 rings (SSSR count). The lowest BCUT2D eigenvalue weighted by atomic mass is 9.79. The van der Waals surface area contributed by atoms with Gasteiger partial charge in [-0.2, -0.15) is 10.1 Å². The molecule has 1 N–H and O–H groups in total. The first-order valence-electron chi connectivity index (χ1n) is 8.26. The number of hydrogen-bond donors (Lipinski definition) is 1. The molecular weight excluding hydrogens is 323 g/mol. The summed E-state index contributed by atoms with van der Waals surface area (Å²) in [7, 11) is 0. The Morgan fingerprint density at radius 2 is 2.04 bits per heavy atom. The summed E-state index contributed by atoms with van der Waals surface area (Å²) in [6.07, 6.45) is 1.27. The molecule has 1 atom stereocenters. The number of rotatable bonds is 4. The Bertz CT molecular complexity index is 859. The van der Waals surface area contributed by atoms with Gasteiger partial charge in [-0.3, -0.25) is 5.10 Å². The number of hydrogen-bond acceptors (Lipinski definition) is 5. The number of aromatic amines is 1. The van der Waals surface area contributed by atoms with Gasteiger partial charge in [0.05, 0.1) is 24.1 Å². The fourth-order valence-corrected chi connectivity index (χ4v) is 3.37. The number of nitrogens with one attached hydrogen (secondary N) is 1. The van der Waals surface area contributed by atoms with Crippen LogP contribution in [-0.4, -0.2) is 33.6 Å². The van der Waals surface area contributed by atoms with Crippen LogP contribution in [0.4, 0.5) is 4.39 Å². The summed E-state index contributed by atoms with van der Waals surface area (Å²) in [4.78, 5) is 4.63. The summed E-state index contributed by atoms with van der Waals surface area (Å²) in [6.45, 7) is 4.99. The first-order valence-corrected chi connectivity index (χ1v) is 8.26. The fraction of sp³-hybridized carbons (Fsp3) is 0.389. The summed E-state index contributed by atoms with van der Waals surface area (Å²) in [6, 6.07) is 6.44. The maximum Gasteiger partial charge on any atom is 0.231 e. The predicted molar refractivity (Wildman–Crippen MR) is 87.8 cm³/mol. The van der Waals surface area contributed by atoms with Crippen molar-refractivity contribution in [2.24, 2.45) is 0 Å². The average Bonchev–Trinajstić information content (AvgIpc) is 3.33. The van der Waals surface area contributed by atoms with Gasteiger partial charge in [0.15, 0.2) is 5.82 Å². The minimum absolute atomic E-state index is 0.266. The topological polar surface area (TPSA) is 76.8 Å². The molecule has 1 saturated heterocycles. The molecule has 25 heavy (non-hydrogen) atoms. The highest BCUT2D eigenvalue weighted by Crippen LogP contribution is 2.38. The van der Waals surface area contributed by atoms with E-state index in [1.165, 1.54) is 12.1 Å². The number of nitrogens with zero attached hydrogens (tertiary/aromatic N) is 3. The Kier molecular flexibility index (Phi) is 3.88. The highest BCUT2D eigenvalue weighted by atomic mass is 19.1. The Labute approximate surface area is 144 Å². The first kappa shape index (κ1) is 16.0. The largest absolute Gasteiger partial charge is 0.380 e. The molecule has 0 radical (unpaired) electrons. The Morgan fingerprint density at radius 1 is 1.24 bits per heavy atom. The minimum Gasteiger partial charge on any atom is -0.380 e. The molecule has 2 aromatic heterocycles. The number of halogens is 1. The van der Waals surface area contributed by atoms with Crippen LogP contribution in [0.1, 0.15) is 40.7 Å². The van der Waals surface area contributed by atoms with E-state index in [0.29, 0.717) is 31.3 Å². The van der Waals surface area contributed by atoms with Crippen LogP contribution in [-0.2, 0) is 16.6 Å². The van der Waals surface area contributed by atoms with Gasteiger partial charge in [0.2, 0.25) is 5.89 Å². The molecule has 6 nitrogen and oxygen atoms in total. The van der Waals surface area contributed by atoms with E-state index >= 15 is 0 Å². The molecule has 1 aliphatic heterocycles. The van der Waals surface area contributed by atoms with Gasteiger partial charge in [-0.05, 0) is 38.0 Å². The molecule has 1 aliphatic rings. The van der Waals surface area contributed by atoms with Gasteiger partial charge in [-0.15, -0.1) is 0 Å². The zero-order valence-corrected chi connectivity index (χ0v) is 14.2. The van der Waals surface area contributed by atoms with Crippen molar-refractivity contribution in [2.45, 2.75) is 32.1 Å². The summed E-state index contributed by atoms with van der Waals surface area (Å²) in [5.74, 6) is 0.860. The molecule has 0 spiro atoms. The molecule has 0 saturated carbocycles. The van der Waals surface area contributed by atoms with Gasteiger partial charge in [0.25, 0.3) is 0 Å². The second-order valence-corrected chi connectivity index (χ2v) is 6.49. The second-order valence-electron chi connectivity index (χ2n) is 6.49. The Hall–Kier alpha value is -2.54. The average molecular weight is 342 g/mol. The summed E-state index contributed by atoms with van der Waals surface area (Å²) in [5, 5.41) is 11.4. The van der Waals surface area contributed by atoms with Gasteiger partial charge < -0.3 is 9.26 Å². The van der Waals surface area contributed by atoms with Crippen LogP contribution in [0, 0.1) is 19.7 Å². The van der Waals surface area contributed by atoms with E-state index < -0.39 is 5.41 Å². The predicted octanol–water partition coefficient (Wildman–Crippen LogP) is 2.85. The molecule has 0 aliphatic carbocycles. The van der Waals surface area contributed by atoms with E-state index in [1.54, 1.807) is 12.1 Å². The van der Waals surface area contributed by atoms with E-state index in [4.69, 9.17) is 9.26 Å². The second kappa shape index (κ2) is 6.07. The molecule has 3 aromatic rings. The molecule has 7 heteroatoms. The third-order valence-corrected chi connectivity index (χ3v) is 4.92. The van der Waals surface area contributed by atoms with E-state index in [-0.39, 0.29) is 5.82 Å².